The number of hydrogen-bond acceptors (Lipinski definition) is 3. The molecule has 1 saturated heterocycles. The van der Waals surface area contributed by atoms with E-state index in [1.807, 2.05) is 11.8 Å². The van der Waals surface area contributed by atoms with Gasteiger partial charge < -0.3 is 10.6 Å². The molecule has 0 spiro atoms. The zero-order valence-corrected chi connectivity index (χ0v) is 10.5. The zero-order valence-electron chi connectivity index (χ0n) is 9.71. The highest BCUT2D eigenvalue weighted by atomic mass is 32.2. The molecular weight excluding hydrogens is 208 g/mol. The molecule has 3 nitrogen and oxygen atoms in total. The Balaban J connectivity index is 2.11. The number of rotatable bonds is 6. The van der Waals surface area contributed by atoms with Crippen molar-refractivity contribution in [2.45, 2.75) is 45.2 Å². The molecule has 1 heterocycles. The van der Waals surface area contributed by atoms with E-state index < -0.39 is 0 Å². The van der Waals surface area contributed by atoms with Crippen LogP contribution in [0, 0.1) is 0 Å². The minimum Gasteiger partial charge on any atom is -0.353 e. The molecule has 1 aliphatic rings. The predicted octanol–water partition coefficient (Wildman–Crippen LogP) is 1.39. The van der Waals surface area contributed by atoms with E-state index in [9.17, 15) is 4.79 Å². The molecule has 0 aromatic rings. The van der Waals surface area contributed by atoms with Crippen LogP contribution in [0.3, 0.4) is 0 Å². The lowest BCUT2D eigenvalue weighted by molar-refractivity contribution is -0.121. The summed E-state index contributed by atoms with van der Waals surface area (Å²) in [4.78, 5) is 11.6. The SMILES string of the molecule is CCSCC(C)NC(=O)CC1CCCN1. The molecule has 2 unspecified atom stereocenters. The molecule has 1 aliphatic heterocycles. The van der Waals surface area contributed by atoms with Crippen LogP contribution in [0.5, 0.6) is 0 Å². The fourth-order valence-corrected chi connectivity index (χ4v) is 2.50. The third-order valence-electron chi connectivity index (χ3n) is 2.57. The van der Waals surface area contributed by atoms with E-state index in [0.29, 0.717) is 18.5 Å². The first-order valence-electron chi connectivity index (χ1n) is 5.83. The van der Waals surface area contributed by atoms with Crippen molar-refractivity contribution in [2.75, 3.05) is 18.1 Å². The molecule has 0 aromatic carbocycles. The Morgan fingerprint density at radius 3 is 3.07 bits per heavy atom. The minimum atomic E-state index is 0.193. The highest BCUT2D eigenvalue weighted by molar-refractivity contribution is 7.99. The van der Waals surface area contributed by atoms with Crippen LogP contribution in [0.2, 0.25) is 0 Å². The highest BCUT2D eigenvalue weighted by Crippen LogP contribution is 2.09. The van der Waals surface area contributed by atoms with Crippen molar-refractivity contribution in [1.82, 2.24) is 10.6 Å². The van der Waals surface area contributed by atoms with Gasteiger partial charge in [0.05, 0.1) is 0 Å². The van der Waals surface area contributed by atoms with Crippen LogP contribution in [0.1, 0.15) is 33.1 Å². The molecule has 1 fully saturated rings. The predicted molar refractivity (Wildman–Crippen MR) is 66.2 cm³/mol. The molecular formula is C11H22N2OS. The lowest BCUT2D eigenvalue weighted by atomic mass is 10.1. The van der Waals surface area contributed by atoms with Gasteiger partial charge in [-0.05, 0) is 32.1 Å². The van der Waals surface area contributed by atoms with Crippen LogP contribution >= 0.6 is 11.8 Å². The number of thioether (sulfide) groups is 1. The quantitative estimate of drug-likeness (QED) is 0.724. The Labute approximate surface area is 96.8 Å². The first kappa shape index (κ1) is 12.8. The summed E-state index contributed by atoms with van der Waals surface area (Å²) in [7, 11) is 0. The zero-order chi connectivity index (χ0) is 11.1. The minimum absolute atomic E-state index is 0.193. The van der Waals surface area contributed by atoms with Crippen molar-refractivity contribution in [2.24, 2.45) is 0 Å². The number of nitrogens with one attached hydrogen (secondary N) is 2. The fourth-order valence-electron chi connectivity index (χ4n) is 1.82. The second kappa shape index (κ2) is 7.12. The third kappa shape index (κ3) is 5.42. The van der Waals surface area contributed by atoms with Crippen molar-refractivity contribution < 1.29 is 4.79 Å². The Bertz CT molecular complexity index is 193. The molecule has 1 amide bonds. The number of carbonyl (C=O) groups excluding carboxylic acids is 1. The van der Waals surface area contributed by atoms with Gasteiger partial charge in [-0.3, -0.25) is 4.79 Å². The molecule has 0 aromatic heterocycles. The summed E-state index contributed by atoms with van der Waals surface area (Å²) in [6, 6.07) is 0.708. The Morgan fingerprint density at radius 2 is 2.47 bits per heavy atom. The maximum atomic E-state index is 11.6. The van der Waals surface area contributed by atoms with Gasteiger partial charge in [-0.1, -0.05) is 6.92 Å². The van der Waals surface area contributed by atoms with Gasteiger partial charge in [0.15, 0.2) is 0 Å². The molecule has 88 valence electrons. The molecule has 2 atom stereocenters. The monoisotopic (exact) mass is 230 g/mol. The topological polar surface area (TPSA) is 41.1 Å². The van der Waals surface area contributed by atoms with E-state index in [0.717, 1.165) is 24.5 Å². The second-order valence-corrected chi connectivity index (χ2v) is 5.44. The van der Waals surface area contributed by atoms with E-state index in [1.54, 1.807) is 0 Å². The van der Waals surface area contributed by atoms with Crippen molar-refractivity contribution in [1.29, 1.82) is 0 Å². The van der Waals surface area contributed by atoms with Gasteiger partial charge in [0.2, 0.25) is 5.91 Å². The van der Waals surface area contributed by atoms with Crippen LogP contribution in [0.25, 0.3) is 0 Å². The van der Waals surface area contributed by atoms with Crippen molar-refractivity contribution in [3.63, 3.8) is 0 Å². The molecule has 1 rings (SSSR count). The van der Waals surface area contributed by atoms with Crippen LogP contribution < -0.4 is 10.6 Å². The van der Waals surface area contributed by atoms with Gasteiger partial charge in [-0.25, -0.2) is 0 Å². The summed E-state index contributed by atoms with van der Waals surface area (Å²) < 4.78 is 0. The molecule has 4 heteroatoms. The van der Waals surface area contributed by atoms with Gasteiger partial charge >= 0.3 is 0 Å². The van der Waals surface area contributed by atoms with E-state index in [2.05, 4.69) is 24.5 Å². The summed E-state index contributed by atoms with van der Waals surface area (Å²) in [5, 5.41) is 6.38. The van der Waals surface area contributed by atoms with Crippen molar-refractivity contribution >= 4 is 17.7 Å². The fraction of sp³-hybridized carbons (Fsp3) is 0.909. The lowest BCUT2D eigenvalue weighted by Crippen LogP contribution is -2.38. The molecule has 0 bridgehead atoms. The lowest BCUT2D eigenvalue weighted by Gasteiger charge is -2.15. The number of carbonyl (C=O) groups is 1. The van der Waals surface area contributed by atoms with E-state index >= 15 is 0 Å². The van der Waals surface area contributed by atoms with E-state index in [-0.39, 0.29) is 5.91 Å². The molecule has 15 heavy (non-hydrogen) atoms. The van der Waals surface area contributed by atoms with Gasteiger partial charge in [0.25, 0.3) is 0 Å². The smallest absolute Gasteiger partial charge is 0.221 e. The maximum absolute atomic E-state index is 11.6. The summed E-state index contributed by atoms with van der Waals surface area (Å²) in [6.07, 6.45) is 2.99. The molecule has 0 aliphatic carbocycles. The largest absolute Gasteiger partial charge is 0.353 e. The van der Waals surface area contributed by atoms with Crippen molar-refractivity contribution in [3.05, 3.63) is 0 Å². The summed E-state index contributed by atoms with van der Waals surface area (Å²) >= 11 is 1.87. The Morgan fingerprint density at radius 1 is 1.67 bits per heavy atom. The summed E-state index contributed by atoms with van der Waals surface area (Å²) in [6.45, 7) is 5.28. The number of amides is 1. The van der Waals surface area contributed by atoms with Crippen LogP contribution in [0.15, 0.2) is 0 Å². The average Bonchev–Trinajstić information content (AvgIpc) is 2.67. The normalized spacial score (nSPS) is 22.7. The maximum Gasteiger partial charge on any atom is 0.221 e. The van der Waals surface area contributed by atoms with Gasteiger partial charge in [0.1, 0.15) is 0 Å². The van der Waals surface area contributed by atoms with Crippen LogP contribution in [-0.2, 0) is 4.79 Å². The van der Waals surface area contributed by atoms with E-state index in [4.69, 9.17) is 0 Å². The standard InChI is InChI=1S/C11H22N2OS/c1-3-15-8-9(2)13-11(14)7-10-5-4-6-12-10/h9-10,12H,3-8H2,1-2H3,(H,13,14). The van der Waals surface area contributed by atoms with Crippen LogP contribution in [-0.4, -0.2) is 36.0 Å². The second-order valence-electron chi connectivity index (χ2n) is 4.13. The highest BCUT2D eigenvalue weighted by Gasteiger charge is 2.18. The first-order chi connectivity index (χ1) is 7.22. The van der Waals surface area contributed by atoms with Crippen LogP contribution in [0.4, 0.5) is 0 Å². The van der Waals surface area contributed by atoms with Gasteiger partial charge in [0, 0.05) is 24.3 Å². The Hall–Kier alpha value is -0.220. The van der Waals surface area contributed by atoms with E-state index in [1.165, 1.54) is 6.42 Å². The van der Waals surface area contributed by atoms with Gasteiger partial charge in [-0.2, -0.15) is 11.8 Å². The summed E-state index contributed by atoms with van der Waals surface area (Å²) in [5.41, 5.74) is 0. The molecule has 2 N–H and O–H groups in total. The molecule has 0 saturated carbocycles. The van der Waals surface area contributed by atoms with Crippen molar-refractivity contribution in [3.8, 4) is 0 Å². The summed E-state index contributed by atoms with van der Waals surface area (Å²) in [5.74, 6) is 2.32. The third-order valence-corrected chi connectivity index (χ3v) is 3.72. The average molecular weight is 230 g/mol. The molecule has 0 radical (unpaired) electrons. The van der Waals surface area contributed by atoms with Gasteiger partial charge in [-0.15, -0.1) is 0 Å². The Kier molecular flexibility index (Phi) is 6.10. The first-order valence-corrected chi connectivity index (χ1v) is 6.98. The number of hydrogen-bond donors (Lipinski definition) is 2.